The molecule has 12 nitrogen and oxygen atoms in total. The molecule has 0 fully saturated rings. The molecular weight excluding hydrogens is 626 g/mol. The lowest BCUT2D eigenvalue weighted by atomic mass is 10.1. The summed E-state index contributed by atoms with van der Waals surface area (Å²) in [6, 6.07) is 14.9. The van der Waals surface area contributed by atoms with E-state index in [2.05, 4.69) is 5.32 Å². The van der Waals surface area contributed by atoms with Gasteiger partial charge in [-0.2, -0.15) is 0 Å². The highest BCUT2D eigenvalue weighted by atomic mass is 32.2. The third-order valence-corrected chi connectivity index (χ3v) is 9.53. The molecule has 0 aliphatic rings. The van der Waals surface area contributed by atoms with E-state index in [1.54, 1.807) is 50.4 Å². The molecule has 0 unspecified atom stereocenters. The van der Waals surface area contributed by atoms with Crippen molar-refractivity contribution in [3.05, 3.63) is 66.2 Å². The molecule has 3 aromatic rings. The normalized spacial score (nSPS) is 12.3. The SMILES string of the molecule is CC[C@H](C(=O)N[C@@H](C)CC)N(Cc1ccc(OC)cc1)C(=O)CN(c1cc(OC)ccc1OC)S(=O)(=O)c1ccc(OC)c(OC)c1. The van der Waals surface area contributed by atoms with Crippen molar-refractivity contribution in [1.29, 1.82) is 0 Å². The zero-order valence-electron chi connectivity index (χ0n) is 28.2. The molecule has 0 spiro atoms. The Bertz CT molecular complexity index is 1610. The number of sulfonamides is 1. The molecule has 0 saturated heterocycles. The van der Waals surface area contributed by atoms with Crippen molar-refractivity contribution < 1.29 is 41.7 Å². The summed E-state index contributed by atoms with van der Waals surface area (Å²) in [7, 11) is 2.78. The van der Waals surface area contributed by atoms with E-state index >= 15 is 0 Å². The lowest BCUT2D eigenvalue weighted by molar-refractivity contribution is -0.140. The van der Waals surface area contributed by atoms with Crippen molar-refractivity contribution in [3.8, 4) is 28.7 Å². The van der Waals surface area contributed by atoms with E-state index in [1.165, 1.54) is 57.6 Å². The van der Waals surface area contributed by atoms with Gasteiger partial charge in [-0.05, 0) is 61.7 Å². The molecule has 13 heteroatoms. The minimum Gasteiger partial charge on any atom is -0.497 e. The van der Waals surface area contributed by atoms with Crippen LogP contribution in [0.1, 0.15) is 39.2 Å². The van der Waals surface area contributed by atoms with Gasteiger partial charge in [-0.1, -0.05) is 26.0 Å². The van der Waals surface area contributed by atoms with Crippen LogP contribution < -0.4 is 33.3 Å². The molecule has 2 atom stereocenters. The van der Waals surface area contributed by atoms with Gasteiger partial charge in [-0.15, -0.1) is 0 Å². The van der Waals surface area contributed by atoms with Gasteiger partial charge in [-0.3, -0.25) is 13.9 Å². The number of hydrogen-bond donors (Lipinski definition) is 1. The van der Waals surface area contributed by atoms with Crippen LogP contribution in [0.15, 0.2) is 65.6 Å². The van der Waals surface area contributed by atoms with Gasteiger partial charge in [0.2, 0.25) is 11.8 Å². The number of hydrogen-bond acceptors (Lipinski definition) is 9. The number of amides is 2. The average Bonchev–Trinajstić information content (AvgIpc) is 3.09. The van der Waals surface area contributed by atoms with Crippen LogP contribution in [0.25, 0.3) is 0 Å². The molecule has 0 heterocycles. The number of ether oxygens (including phenoxy) is 5. The lowest BCUT2D eigenvalue weighted by Gasteiger charge is -2.34. The van der Waals surface area contributed by atoms with Crippen molar-refractivity contribution in [3.63, 3.8) is 0 Å². The van der Waals surface area contributed by atoms with E-state index < -0.39 is 28.5 Å². The zero-order valence-corrected chi connectivity index (χ0v) is 29.1. The molecule has 47 heavy (non-hydrogen) atoms. The highest BCUT2D eigenvalue weighted by Gasteiger charge is 2.35. The highest BCUT2D eigenvalue weighted by Crippen LogP contribution is 2.38. The molecule has 0 saturated carbocycles. The Morgan fingerprint density at radius 1 is 0.745 bits per heavy atom. The van der Waals surface area contributed by atoms with Crippen molar-refractivity contribution in [2.45, 2.75) is 57.1 Å². The van der Waals surface area contributed by atoms with Gasteiger partial charge >= 0.3 is 0 Å². The van der Waals surface area contributed by atoms with Gasteiger partial charge < -0.3 is 33.9 Å². The molecule has 0 bridgehead atoms. The summed E-state index contributed by atoms with van der Waals surface area (Å²) in [6.07, 6.45) is 0.983. The van der Waals surface area contributed by atoms with Crippen LogP contribution in [0.4, 0.5) is 5.69 Å². The zero-order chi connectivity index (χ0) is 34.7. The highest BCUT2D eigenvalue weighted by molar-refractivity contribution is 7.92. The van der Waals surface area contributed by atoms with Gasteiger partial charge in [0.15, 0.2) is 11.5 Å². The van der Waals surface area contributed by atoms with Gasteiger partial charge in [-0.25, -0.2) is 8.42 Å². The molecule has 3 aromatic carbocycles. The van der Waals surface area contributed by atoms with E-state index in [1.807, 2.05) is 13.8 Å². The first kappa shape index (κ1) is 36.8. The minimum atomic E-state index is -4.46. The predicted molar refractivity (Wildman–Crippen MR) is 179 cm³/mol. The summed E-state index contributed by atoms with van der Waals surface area (Å²) in [6.45, 7) is 5.01. The Kier molecular flexibility index (Phi) is 13.1. The first-order valence-electron chi connectivity index (χ1n) is 15.2. The quantitative estimate of drug-likeness (QED) is 0.218. The molecule has 0 aromatic heterocycles. The van der Waals surface area contributed by atoms with Crippen molar-refractivity contribution in [2.75, 3.05) is 46.4 Å². The molecule has 0 aliphatic carbocycles. The van der Waals surface area contributed by atoms with E-state index in [0.29, 0.717) is 23.7 Å². The number of nitrogens with one attached hydrogen (secondary N) is 1. The van der Waals surface area contributed by atoms with Crippen molar-refractivity contribution >= 4 is 27.5 Å². The van der Waals surface area contributed by atoms with Gasteiger partial charge in [0.1, 0.15) is 29.8 Å². The molecular formula is C34H45N3O9S. The maximum absolute atomic E-state index is 14.5. The van der Waals surface area contributed by atoms with E-state index in [0.717, 1.165) is 9.87 Å². The summed E-state index contributed by atoms with van der Waals surface area (Å²) < 4.78 is 56.8. The molecule has 3 rings (SSSR count). The van der Waals surface area contributed by atoms with Crippen LogP contribution in [0.2, 0.25) is 0 Å². The Morgan fingerprint density at radius 2 is 1.34 bits per heavy atom. The number of anilines is 1. The van der Waals surface area contributed by atoms with Gasteiger partial charge in [0.05, 0.1) is 46.1 Å². The third-order valence-electron chi connectivity index (χ3n) is 7.78. The maximum Gasteiger partial charge on any atom is 0.265 e. The number of rotatable bonds is 17. The summed E-state index contributed by atoms with van der Waals surface area (Å²) in [4.78, 5) is 29.3. The monoisotopic (exact) mass is 671 g/mol. The fraction of sp³-hybridized carbons (Fsp3) is 0.412. The van der Waals surface area contributed by atoms with E-state index in [4.69, 9.17) is 23.7 Å². The number of nitrogens with zero attached hydrogens (tertiary/aromatic N) is 2. The first-order chi connectivity index (χ1) is 22.5. The number of benzene rings is 3. The Hall–Kier alpha value is -4.65. The summed E-state index contributed by atoms with van der Waals surface area (Å²) in [5.41, 5.74) is 0.790. The second-order valence-electron chi connectivity index (χ2n) is 10.7. The fourth-order valence-electron chi connectivity index (χ4n) is 4.90. The van der Waals surface area contributed by atoms with Crippen LogP contribution in [0.3, 0.4) is 0 Å². The first-order valence-corrected chi connectivity index (χ1v) is 16.6. The smallest absolute Gasteiger partial charge is 0.265 e. The number of methoxy groups -OCH3 is 5. The fourth-order valence-corrected chi connectivity index (χ4v) is 6.33. The largest absolute Gasteiger partial charge is 0.497 e. The molecule has 2 amide bonds. The topological polar surface area (TPSA) is 133 Å². The molecule has 256 valence electrons. The Balaban J connectivity index is 2.19. The third kappa shape index (κ3) is 8.79. The minimum absolute atomic E-state index is 0.0365. The van der Waals surface area contributed by atoms with Crippen LogP contribution in [0.5, 0.6) is 28.7 Å². The van der Waals surface area contributed by atoms with Gasteiger partial charge in [0.25, 0.3) is 10.0 Å². The number of carbonyl (C=O) groups is 2. The van der Waals surface area contributed by atoms with E-state index in [-0.39, 0.29) is 47.0 Å². The average molecular weight is 672 g/mol. The van der Waals surface area contributed by atoms with E-state index in [9.17, 15) is 18.0 Å². The molecule has 0 aliphatic heterocycles. The second-order valence-corrected chi connectivity index (χ2v) is 12.5. The van der Waals surface area contributed by atoms with Crippen LogP contribution in [0, 0.1) is 0 Å². The predicted octanol–water partition coefficient (Wildman–Crippen LogP) is 4.65. The lowest BCUT2D eigenvalue weighted by Crippen LogP contribution is -2.53. The summed E-state index contributed by atoms with van der Waals surface area (Å²) >= 11 is 0. The van der Waals surface area contributed by atoms with Gasteiger partial charge in [0, 0.05) is 24.7 Å². The van der Waals surface area contributed by atoms with Crippen molar-refractivity contribution in [1.82, 2.24) is 10.2 Å². The summed E-state index contributed by atoms with van der Waals surface area (Å²) in [5.74, 6) is 0.729. The second kappa shape index (κ2) is 16.8. The molecule has 1 N–H and O–H groups in total. The Labute approximate surface area is 277 Å². The number of carbonyl (C=O) groups excluding carboxylic acids is 2. The van der Waals surface area contributed by atoms with Crippen LogP contribution >= 0.6 is 0 Å². The van der Waals surface area contributed by atoms with Crippen LogP contribution in [-0.2, 0) is 26.2 Å². The standard InChI is InChI=1S/C34H45N3O9S/c1-9-23(3)35-34(39)28(10-2)36(21-24-11-13-25(42-4)14-12-24)33(38)22-37(29-19-26(43-5)15-17-30(29)44-6)47(40,41)27-16-18-31(45-7)32(20-27)46-8/h11-20,23,28H,9-10,21-22H2,1-8H3,(H,35,39)/t23-,28+/m0/s1. The maximum atomic E-state index is 14.5. The van der Waals surface area contributed by atoms with Crippen molar-refractivity contribution in [2.24, 2.45) is 0 Å². The summed E-state index contributed by atoms with van der Waals surface area (Å²) in [5, 5.41) is 2.97. The Morgan fingerprint density at radius 3 is 1.89 bits per heavy atom. The molecule has 0 radical (unpaired) electrons. The van der Waals surface area contributed by atoms with Crippen LogP contribution in [-0.4, -0.2) is 79.3 Å².